The molecule has 2 rings (SSSR count). The lowest BCUT2D eigenvalue weighted by molar-refractivity contribution is 0.0697. The number of hydrogen-bond acceptors (Lipinski definition) is 1. The van der Waals surface area contributed by atoms with E-state index in [-0.39, 0.29) is 0 Å². The van der Waals surface area contributed by atoms with Gasteiger partial charge in [-0.1, -0.05) is 12.2 Å². The first-order valence-corrected chi connectivity index (χ1v) is 6.00. The maximum absolute atomic E-state index is 11.0. The summed E-state index contributed by atoms with van der Waals surface area (Å²) in [6, 6.07) is 5.31. The van der Waals surface area contributed by atoms with Crippen LogP contribution in [0.15, 0.2) is 30.4 Å². The van der Waals surface area contributed by atoms with Gasteiger partial charge in [-0.25, -0.2) is 4.79 Å². The van der Waals surface area contributed by atoms with Gasteiger partial charge in [0.2, 0.25) is 0 Å². The number of fused-ring (bicyclic) bond motifs is 1. The molecule has 0 aliphatic carbocycles. The summed E-state index contributed by atoms with van der Waals surface area (Å²) in [6.45, 7) is 6.92. The molecule has 2 aromatic rings. The van der Waals surface area contributed by atoms with Gasteiger partial charge >= 0.3 is 5.97 Å². The summed E-state index contributed by atoms with van der Waals surface area (Å²) in [5.74, 6) is -0.879. The first-order valence-electron chi connectivity index (χ1n) is 6.00. The third-order valence-corrected chi connectivity index (χ3v) is 3.41. The highest BCUT2D eigenvalue weighted by atomic mass is 16.4. The molecule has 0 atom stereocenters. The van der Waals surface area contributed by atoms with Crippen LogP contribution in [0.2, 0.25) is 0 Å². The first kappa shape index (κ1) is 12.4. The van der Waals surface area contributed by atoms with Gasteiger partial charge in [0.25, 0.3) is 0 Å². The summed E-state index contributed by atoms with van der Waals surface area (Å²) in [5.41, 5.74) is 3.77. The number of hydrogen-bond donors (Lipinski definition) is 1. The number of aromatic nitrogens is 1. The van der Waals surface area contributed by atoms with Gasteiger partial charge in [0, 0.05) is 23.1 Å². The second kappa shape index (κ2) is 4.69. The molecular weight excluding hydrogens is 226 g/mol. The quantitative estimate of drug-likeness (QED) is 0.838. The molecule has 0 aliphatic heterocycles. The van der Waals surface area contributed by atoms with Crippen molar-refractivity contribution in [1.82, 2.24) is 4.57 Å². The molecule has 0 bridgehead atoms. The molecule has 0 spiro atoms. The van der Waals surface area contributed by atoms with Crippen molar-refractivity contribution in [2.75, 3.05) is 0 Å². The fraction of sp³-hybridized carbons (Fsp3) is 0.267. The van der Waals surface area contributed by atoms with Crippen molar-refractivity contribution in [2.24, 2.45) is 0 Å². The number of nitrogens with zero attached hydrogens (tertiary/aromatic N) is 1. The smallest absolute Gasteiger partial charge is 0.335 e. The molecule has 0 radical (unpaired) electrons. The summed E-state index contributed by atoms with van der Waals surface area (Å²) in [6.07, 6.45) is 4.11. The van der Waals surface area contributed by atoms with Crippen LogP contribution in [0.4, 0.5) is 0 Å². The molecule has 0 saturated carbocycles. The zero-order valence-electron chi connectivity index (χ0n) is 10.9. The van der Waals surface area contributed by atoms with Gasteiger partial charge in [-0.3, -0.25) is 0 Å². The average molecular weight is 243 g/mol. The number of aryl methyl sites for hydroxylation is 1. The molecular formula is C15H17NO2. The number of allylic oxidation sites excluding steroid dienone is 2. The summed E-state index contributed by atoms with van der Waals surface area (Å²) < 4.78 is 2.20. The molecule has 94 valence electrons. The lowest BCUT2D eigenvalue weighted by Crippen LogP contribution is -1.98. The van der Waals surface area contributed by atoms with Crippen LogP contribution in [0.3, 0.4) is 0 Å². The molecule has 0 fully saturated rings. The van der Waals surface area contributed by atoms with Crippen LogP contribution < -0.4 is 0 Å². The van der Waals surface area contributed by atoms with Crippen molar-refractivity contribution < 1.29 is 9.90 Å². The Morgan fingerprint density at radius 3 is 2.72 bits per heavy atom. The number of carbonyl (C=O) groups is 1. The van der Waals surface area contributed by atoms with E-state index in [1.807, 2.05) is 26.0 Å². The van der Waals surface area contributed by atoms with Crippen LogP contribution in [-0.2, 0) is 6.54 Å². The lowest BCUT2D eigenvalue weighted by Gasteiger charge is -2.04. The summed E-state index contributed by atoms with van der Waals surface area (Å²) in [4.78, 5) is 11.0. The van der Waals surface area contributed by atoms with Crippen molar-refractivity contribution in [3.05, 3.63) is 47.2 Å². The van der Waals surface area contributed by atoms with Crippen molar-refractivity contribution in [1.29, 1.82) is 0 Å². The van der Waals surface area contributed by atoms with Crippen LogP contribution in [0.1, 0.15) is 28.5 Å². The number of aromatic carboxylic acids is 1. The van der Waals surface area contributed by atoms with E-state index >= 15 is 0 Å². The van der Waals surface area contributed by atoms with Crippen LogP contribution >= 0.6 is 0 Å². The molecule has 1 N–H and O–H groups in total. The molecule has 1 aromatic carbocycles. The van der Waals surface area contributed by atoms with E-state index in [0.29, 0.717) is 5.56 Å². The minimum Gasteiger partial charge on any atom is -0.478 e. The van der Waals surface area contributed by atoms with Crippen molar-refractivity contribution in [3.63, 3.8) is 0 Å². The van der Waals surface area contributed by atoms with E-state index in [0.717, 1.165) is 23.0 Å². The molecule has 1 heterocycles. The number of carboxylic acid groups (broad SMARTS) is 1. The Hall–Kier alpha value is -2.03. The van der Waals surface area contributed by atoms with Crippen LogP contribution in [0, 0.1) is 13.8 Å². The van der Waals surface area contributed by atoms with E-state index in [4.69, 9.17) is 5.11 Å². The molecule has 0 unspecified atom stereocenters. The Labute approximate surface area is 106 Å². The highest BCUT2D eigenvalue weighted by Crippen LogP contribution is 2.26. The van der Waals surface area contributed by atoms with Gasteiger partial charge < -0.3 is 9.67 Å². The normalized spacial score (nSPS) is 11.5. The third-order valence-electron chi connectivity index (χ3n) is 3.41. The molecule has 0 saturated heterocycles. The summed E-state index contributed by atoms with van der Waals surface area (Å²) in [5, 5.41) is 10.1. The van der Waals surface area contributed by atoms with Crippen LogP contribution in [0.25, 0.3) is 10.9 Å². The minimum absolute atomic E-state index is 0.341. The van der Waals surface area contributed by atoms with Gasteiger partial charge in [-0.15, -0.1) is 0 Å². The first-order chi connectivity index (χ1) is 8.56. The average Bonchev–Trinajstić information content (AvgIpc) is 2.60. The Morgan fingerprint density at radius 2 is 2.11 bits per heavy atom. The van der Waals surface area contributed by atoms with E-state index in [1.54, 1.807) is 12.1 Å². The molecule has 3 heteroatoms. The second-order valence-corrected chi connectivity index (χ2v) is 4.43. The molecule has 18 heavy (non-hydrogen) atoms. The van der Waals surface area contributed by atoms with E-state index in [9.17, 15) is 4.79 Å². The van der Waals surface area contributed by atoms with Gasteiger partial charge in [0.15, 0.2) is 0 Å². The fourth-order valence-electron chi connectivity index (χ4n) is 2.23. The highest BCUT2D eigenvalue weighted by molar-refractivity contribution is 5.95. The van der Waals surface area contributed by atoms with Gasteiger partial charge in [-0.05, 0) is 44.5 Å². The van der Waals surface area contributed by atoms with Gasteiger partial charge in [0.1, 0.15) is 0 Å². The summed E-state index contributed by atoms with van der Waals surface area (Å²) >= 11 is 0. The molecule has 0 amide bonds. The van der Waals surface area contributed by atoms with E-state index in [2.05, 4.69) is 17.6 Å². The topological polar surface area (TPSA) is 42.2 Å². The van der Waals surface area contributed by atoms with Crippen molar-refractivity contribution in [2.45, 2.75) is 27.3 Å². The largest absolute Gasteiger partial charge is 0.478 e. The van der Waals surface area contributed by atoms with Crippen molar-refractivity contribution >= 4 is 16.9 Å². The lowest BCUT2D eigenvalue weighted by atomic mass is 10.1. The number of rotatable bonds is 3. The fourth-order valence-corrected chi connectivity index (χ4v) is 2.23. The Morgan fingerprint density at radius 1 is 1.39 bits per heavy atom. The highest BCUT2D eigenvalue weighted by Gasteiger charge is 2.12. The predicted molar refractivity (Wildman–Crippen MR) is 73.2 cm³/mol. The van der Waals surface area contributed by atoms with Crippen LogP contribution in [0.5, 0.6) is 0 Å². The zero-order valence-corrected chi connectivity index (χ0v) is 10.9. The van der Waals surface area contributed by atoms with Gasteiger partial charge in [-0.2, -0.15) is 0 Å². The van der Waals surface area contributed by atoms with Gasteiger partial charge in [0.05, 0.1) is 5.56 Å². The third kappa shape index (κ3) is 1.92. The molecule has 1 aromatic heterocycles. The zero-order chi connectivity index (χ0) is 13.3. The Bertz CT molecular complexity index is 635. The van der Waals surface area contributed by atoms with E-state index in [1.165, 1.54) is 5.69 Å². The number of carboxylic acids is 1. The number of benzene rings is 1. The second-order valence-electron chi connectivity index (χ2n) is 4.43. The predicted octanol–water partition coefficient (Wildman–Crippen LogP) is 3.53. The molecule has 3 nitrogen and oxygen atoms in total. The Kier molecular flexibility index (Phi) is 3.24. The van der Waals surface area contributed by atoms with Crippen molar-refractivity contribution in [3.8, 4) is 0 Å². The summed E-state index contributed by atoms with van der Waals surface area (Å²) in [7, 11) is 0. The Balaban J connectivity index is 2.67. The standard InChI is InChI=1S/C15H17NO2/c1-4-5-8-16-11(3)10(2)13-9-12(15(17)18)6-7-14(13)16/h4-7,9H,8H2,1-3H3,(H,17,18)/b5-4+. The monoisotopic (exact) mass is 243 g/mol. The molecule has 0 aliphatic rings. The maximum atomic E-state index is 11.0. The van der Waals surface area contributed by atoms with E-state index < -0.39 is 5.97 Å². The van der Waals surface area contributed by atoms with Crippen LogP contribution in [-0.4, -0.2) is 15.6 Å². The minimum atomic E-state index is -0.879. The maximum Gasteiger partial charge on any atom is 0.335 e. The SMILES string of the molecule is C/C=C/Cn1c(C)c(C)c2cc(C(=O)O)ccc21.